The SMILES string of the molecule is CCn1nc(C)cc1-c1nnc(S(N)(=O)=O)n1CC. The molecule has 0 aromatic carbocycles. The third-order valence-electron chi connectivity index (χ3n) is 2.72. The Bertz CT molecular complexity index is 700. The van der Waals surface area contributed by atoms with Crippen LogP contribution in [-0.4, -0.2) is 33.0 Å². The number of rotatable bonds is 4. The van der Waals surface area contributed by atoms with E-state index >= 15 is 0 Å². The maximum Gasteiger partial charge on any atom is 0.273 e. The number of nitrogens with zero attached hydrogens (tertiary/aromatic N) is 5. The van der Waals surface area contributed by atoms with Crippen LogP contribution >= 0.6 is 0 Å². The lowest BCUT2D eigenvalue weighted by molar-refractivity contribution is 0.569. The first-order valence-corrected chi connectivity index (χ1v) is 7.44. The van der Waals surface area contributed by atoms with Crippen LogP contribution in [0.2, 0.25) is 0 Å². The summed E-state index contributed by atoms with van der Waals surface area (Å²) < 4.78 is 26.1. The first kappa shape index (κ1) is 13.7. The van der Waals surface area contributed by atoms with Gasteiger partial charge in [0.25, 0.3) is 15.2 Å². The fourth-order valence-corrected chi connectivity index (χ4v) is 2.62. The van der Waals surface area contributed by atoms with E-state index in [1.165, 1.54) is 4.57 Å². The Kier molecular flexibility index (Phi) is 3.42. The minimum Gasteiger partial charge on any atom is -0.296 e. The molecule has 9 heteroatoms. The molecule has 0 amide bonds. The van der Waals surface area contributed by atoms with E-state index in [0.29, 0.717) is 18.9 Å². The molecule has 0 aliphatic heterocycles. The molecule has 0 spiro atoms. The molecule has 19 heavy (non-hydrogen) atoms. The standard InChI is InChI=1S/C10H16N6O2S/c1-4-15-9(12-13-10(15)19(11,17)18)8-6-7(3)14-16(8)5-2/h6H,4-5H2,1-3H3,(H2,11,17,18). The van der Waals surface area contributed by atoms with Gasteiger partial charge in [-0.05, 0) is 26.8 Å². The Hall–Kier alpha value is -1.74. The molecule has 104 valence electrons. The van der Waals surface area contributed by atoms with Crippen molar-refractivity contribution in [3.8, 4) is 11.5 Å². The van der Waals surface area contributed by atoms with E-state index in [9.17, 15) is 8.42 Å². The molecule has 2 heterocycles. The summed E-state index contributed by atoms with van der Waals surface area (Å²) in [6, 6.07) is 1.84. The zero-order chi connectivity index (χ0) is 14.2. The average Bonchev–Trinajstić information content (AvgIpc) is 2.90. The summed E-state index contributed by atoms with van der Waals surface area (Å²) in [4.78, 5) is 0. The van der Waals surface area contributed by atoms with E-state index in [1.807, 2.05) is 19.9 Å². The first-order valence-electron chi connectivity index (χ1n) is 5.89. The molecule has 2 N–H and O–H groups in total. The normalized spacial score (nSPS) is 12.0. The lowest BCUT2D eigenvalue weighted by Gasteiger charge is -2.07. The molecular formula is C10H16N6O2S. The highest BCUT2D eigenvalue weighted by Gasteiger charge is 2.23. The predicted molar refractivity (Wildman–Crippen MR) is 68.7 cm³/mol. The van der Waals surface area contributed by atoms with Gasteiger partial charge in [-0.3, -0.25) is 9.25 Å². The molecule has 0 aliphatic carbocycles. The van der Waals surface area contributed by atoms with Gasteiger partial charge in [-0.2, -0.15) is 5.10 Å². The smallest absolute Gasteiger partial charge is 0.273 e. The van der Waals surface area contributed by atoms with Crippen molar-refractivity contribution < 1.29 is 8.42 Å². The van der Waals surface area contributed by atoms with Crippen molar-refractivity contribution >= 4 is 10.0 Å². The zero-order valence-corrected chi connectivity index (χ0v) is 11.8. The van der Waals surface area contributed by atoms with E-state index in [2.05, 4.69) is 15.3 Å². The molecule has 0 saturated heterocycles. The van der Waals surface area contributed by atoms with Gasteiger partial charge in [-0.25, -0.2) is 13.6 Å². The fourth-order valence-electron chi connectivity index (χ4n) is 1.94. The largest absolute Gasteiger partial charge is 0.296 e. The molecule has 0 bridgehead atoms. The van der Waals surface area contributed by atoms with E-state index in [4.69, 9.17) is 5.14 Å². The summed E-state index contributed by atoms with van der Waals surface area (Å²) in [6.07, 6.45) is 0. The fraction of sp³-hybridized carbons (Fsp3) is 0.500. The number of hydrogen-bond donors (Lipinski definition) is 1. The van der Waals surface area contributed by atoms with Crippen LogP contribution in [0.3, 0.4) is 0 Å². The lowest BCUT2D eigenvalue weighted by atomic mass is 10.3. The van der Waals surface area contributed by atoms with Crippen LogP contribution in [-0.2, 0) is 23.1 Å². The third-order valence-corrected chi connectivity index (χ3v) is 3.53. The monoisotopic (exact) mass is 284 g/mol. The van der Waals surface area contributed by atoms with Crippen molar-refractivity contribution in [1.82, 2.24) is 24.5 Å². The van der Waals surface area contributed by atoms with Gasteiger partial charge in [-0.1, -0.05) is 0 Å². The van der Waals surface area contributed by atoms with Crippen molar-refractivity contribution in [1.29, 1.82) is 0 Å². The molecule has 0 atom stereocenters. The summed E-state index contributed by atoms with van der Waals surface area (Å²) in [5.74, 6) is 0.453. The lowest BCUT2D eigenvalue weighted by Crippen LogP contribution is -2.18. The van der Waals surface area contributed by atoms with Gasteiger partial charge >= 0.3 is 0 Å². The molecule has 8 nitrogen and oxygen atoms in total. The maximum absolute atomic E-state index is 11.4. The molecular weight excluding hydrogens is 268 g/mol. The van der Waals surface area contributed by atoms with Crippen molar-refractivity contribution in [2.45, 2.75) is 39.0 Å². The minimum absolute atomic E-state index is 0.230. The number of hydrogen-bond acceptors (Lipinski definition) is 5. The quantitative estimate of drug-likeness (QED) is 0.858. The van der Waals surface area contributed by atoms with Gasteiger partial charge in [0.1, 0.15) is 5.69 Å². The molecule has 0 saturated carbocycles. The van der Waals surface area contributed by atoms with Crippen LogP contribution < -0.4 is 5.14 Å². The van der Waals surface area contributed by atoms with Crippen molar-refractivity contribution in [2.75, 3.05) is 0 Å². The third kappa shape index (κ3) is 2.38. The van der Waals surface area contributed by atoms with E-state index in [1.54, 1.807) is 11.6 Å². The minimum atomic E-state index is -3.89. The van der Waals surface area contributed by atoms with Crippen molar-refractivity contribution in [3.63, 3.8) is 0 Å². The highest BCUT2D eigenvalue weighted by molar-refractivity contribution is 7.89. The van der Waals surface area contributed by atoms with Gasteiger partial charge in [-0.15, -0.1) is 10.2 Å². The first-order chi connectivity index (χ1) is 8.88. The second-order valence-electron chi connectivity index (χ2n) is 4.08. The topological polar surface area (TPSA) is 109 Å². The Morgan fingerprint density at radius 2 is 1.95 bits per heavy atom. The molecule has 2 aromatic heterocycles. The van der Waals surface area contributed by atoms with Gasteiger partial charge in [0.2, 0.25) is 0 Å². The number of nitrogens with two attached hydrogens (primary N) is 1. The highest BCUT2D eigenvalue weighted by atomic mass is 32.2. The molecule has 0 radical (unpaired) electrons. The average molecular weight is 284 g/mol. The Balaban J connectivity index is 2.67. The van der Waals surface area contributed by atoms with Crippen LogP contribution in [0.5, 0.6) is 0 Å². The van der Waals surface area contributed by atoms with E-state index in [0.717, 1.165) is 11.4 Å². The Morgan fingerprint density at radius 3 is 2.47 bits per heavy atom. The number of primary sulfonamides is 1. The number of aromatic nitrogens is 5. The summed E-state index contributed by atoms with van der Waals surface area (Å²) >= 11 is 0. The molecule has 2 rings (SSSR count). The van der Waals surface area contributed by atoms with Gasteiger partial charge < -0.3 is 0 Å². The van der Waals surface area contributed by atoms with Crippen LogP contribution in [0, 0.1) is 6.92 Å². The molecule has 0 aliphatic rings. The van der Waals surface area contributed by atoms with Gasteiger partial charge in [0.05, 0.1) is 5.69 Å². The highest BCUT2D eigenvalue weighted by Crippen LogP contribution is 2.21. The van der Waals surface area contributed by atoms with E-state index in [-0.39, 0.29) is 5.16 Å². The van der Waals surface area contributed by atoms with Gasteiger partial charge in [0, 0.05) is 13.1 Å². The molecule has 0 unspecified atom stereocenters. The predicted octanol–water partition coefficient (Wildman–Crippen LogP) is 0.137. The Morgan fingerprint density at radius 1 is 1.26 bits per heavy atom. The summed E-state index contributed by atoms with van der Waals surface area (Å²) in [5, 5.41) is 16.8. The van der Waals surface area contributed by atoms with Crippen molar-refractivity contribution in [2.24, 2.45) is 5.14 Å². The van der Waals surface area contributed by atoms with Crippen molar-refractivity contribution in [3.05, 3.63) is 11.8 Å². The number of aryl methyl sites for hydroxylation is 2. The molecule has 2 aromatic rings. The molecule has 0 fully saturated rings. The van der Waals surface area contributed by atoms with Crippen LogP contribution in [0.15, 0.2) is 11.2 Å². The Labute approximate surface area is 111 Å². The maximum atomic E-state index is 11.4. The van der Waals surface area contributed by atoms with E-state index < -0.39 is 10.0 Å². The summed E-state index contributed by atoms with van der Waals surface area (Å²) in [5.41, 5.74) is 1.56. The summed E-state index contributed by atoms with van der Waals surface area (Å²) in [6.45, 7) is 6.68. The van der Waals surface area contributed by atoms with Crippen LogP contribution in [0.25, 0.3) is 11.5 Å². The second kappa shape index (κ2) is 4.74. The van der Waals surface area contributed by atoms with Gasteiger partial charge in [0.15, 0.2) is 5.82 Å². The van der Waals surface area contributed by atoms with Crippen LogP contribution in [0.1, 0.15) is 19.5 Å². The number of sulfonamides is 1. The van der Waals surface area contributed by atoms with Crippen LogP contribution in [0.4, 0.5) is 0 Å². The summed E-state index contributed by atoms with van der Waals surface area (Å²) in [7, 11) is -3.89. The second-order valence-corrected chi connectivity index (χ2v) is 5.54. The zero-order valence-electron chi connectivity index (χ0n) is 11.0.